The van der Waals surface area contributed by atoms with Gasteiger partial charge in [0.15, 0.2) is 4.67 Å². The Labute approximate surface area is 117 Å². The minimum absolute atomic E-state index is 0.571. The van der Waals surface area contributed by atoms with Crippen molar-refractivity contribution in [3.05, 3.63) is 56.9 Å². The maximum atomic E-state index is 9.98. The van der Waals surface area contributed by atoms with Crippen LogP contribution in [0.15, 0.2) is 50.0 Å². The summed E-state index contributed by atoms with van der Waals surface area (Å²) in [5, 5.41) is 9.98. The van der Waals surface area contributed by atoms with Crippen LogP contribution in [-0.2, 0) is 6.42 Å². The molecule has 90 valence electrons. The quantitative estimate of drug-likeness (QED) is 0.873. The summed E-state index contributed by atoms with van der Waals surface area (Å²) >= 11 is 6.58. The zero-order chi connectivity index (χ0) is 12.3. The number of hydrogen-bond acceptors (Lipinski definition) is 2. The van der Waals surface area contributed by atoms with Crippen molar-refractivity contribution in [2.45, 2.75) is 18.9 Å². The highest BCUT2D eigenvalue weighted by molar-refractivity contribution is 9.13. The van der Waals surface area contributed by atoms with Crippen LogP contribution in [0.5, 0.6) is 0 Å². The van der Waals surface area contributed by atoms with Crippen LogP contribution in [0.3, 0.4) is 0 Å². The van der Waals surface area contributed by atoms with Gasteiger partial charge in [-0.2, -0.15) is 0 Å². The fourth-order valence-corrected chi connectivity index (χ4v) is 2.23. The van der Waals surface area contributed by atoms with E-state index in [2.05, 4.69) is 44.0 Å². The maximum absolute atomic E-state index is 9.98. The molecule has 2 aromatic rings. The lowest BCUT2D eigenvalue weighted by atomic mass is 10.1. The van der Waals surface area contributed by atoms with Crippen molar-refractivity contribution in [2.75, 3.05) is 0 Å². The molecule has 1 aromatic heterocycles. The Hall–Kier alpha value is -0.580. The second kappa shape index (κ2) is 5.85. The molecule has 1 unspecified atom stereocenters. The number of halogens is 2. The fraction of sp³-hybridized carbons (Fsp3) is 0.231. The van der Waals surface area contributed by atoms with Crippen LogP contribution in [0.25, 0.3) is 0 Å². The van der Waals surface area contributed by atoms with Crippen LogP contribution in [0, 0.1) is 0 Å². The predicted octanol–water partition coefficient (Wildman–Crippen LogP) is 4.47. The molecule has 1 heterocycles. The molecule has 0 fully saturated rings. The number of hydrogen-bond donors (Lipinski definition) is 1. The van der Waals surface area contributed by atoms with Gasteiger partial charge in [0.2, 0.25) is 0 Å². The van der Waals surface area contributed by atoms with Crippen molar-refractivity contribution in [3.63, 3.8) is 0 Å². The molecule has 0 aliphatic heterocycles. The largest absolute Gasteiger partial charge is 0.450 e. The van der Waals surface area contributed by atoms with E-state index in [1.54, 1.807) is 6.07 Å². The number of benzene rings is 1. The lowest BCUT2D eigenvalue weighted by Gasteiger charge is -2.07. The molecule has 1 aromatic carbocycles. The van der Waals surface area contributed by atoms with Crippen LogP contribution in [0.2, 0.25) is 0 Å². The molecule has 2 rings (SSSR count). The third-order valence-corrected chi connectivity index (χ3v) is 4.25. The van der Waals surface area contributed by atoms with Crippen LogP contribution in [-0.4, -0.2) is 5.11 Å². The normalized spacial score (nSPS) is 12.6. The first-order valence-corrected chi connectivity index (χ1v) is 6.92. The monoisotopic (exact) mass is 358 g/mol. The molecule has 0 spiro atoms. The summed E-state index contributed by atoms with van der Waals surface area (Å²) < 4.78 is 6.83. The molecule has 1 N–H and O–H groups in total. The number of aliphatic hydroxyl groups excluding tert-OH is 1. The number of aliphatic hydroxyl groups is 1. The van der Waals surface area contributed by atoms with Crippen LogP contribution in [0.4, 0.5) is 0 Å². The lowest BCUT2D eigenvalue weighted by molar-refractivity contribution is 0.139. The summed E-state index contributed by atoms with van der Waals surface area (Å²) in [7, 11) is 0. The Morgan fingerprint density at radius 3 is 2.47 bits per heavy atom. The zero-order valence-electron chi connectivity index (χ0n) is 9.07. The van der Waals surface area contributed by atoms with Gasteiger partial charge in [-0.3, -0.25) is 0 Å². The summed E-state index contributed by atoms with van der Waals surface area (Å²) in [6, 6.07) is 11.9. The van der Waals surface area contributed by atoms with Gasteiger partial charge in [0.1, 0.15) is 11.9 Å². The summed E-state index contributed by atoms with van der Waals surface area (Å²) in [5.41, 5.74) is 1.22. The molecule has 2 nitrogen and oxygen atoms in total. The minimum Gasteiger partial charge on any atom is -0.450 e. The Kier molecular flexibility index (Phi) is 4.42. The first-order valence-electron chi connectivity index (χ1n) is 5.33. The molecular formula is C13H12Br2O2. The van der Waals surface area contributed by atoms with Gasteiger partial charge in [-0.1, -0.05) is 30.3 Å². The lowest BCUT2D eigenvalue weighted by Crippen LogP contribution is -1.98. The first kappa shape index (κ1) is 12.9. The second-order valence-electron chi connectivity index (χ2n) is 3.81. The van der Waals surface area contributed by atoms with Crippen molar-refractivity contribution < 1.29 is 9.52 Å². The molecule has 0 saturated carbocycles. The van der Waals surface area contributed by atoms with E-state index in [4.69, 9.17) is 4.42 Å². The Morgan fingerprint density at radius 2 is 1.88 bits per heavy atom. The Bertz CT molecular complexity index is 460. The second-order valence-corrected chi connectivity index (χ2v) is 5.39. The van der Waals surface area contributed by atoms with E-state index < -0.39 is 6.10 Å². The minimum atomic E-state index is -0.571. The standard InChI is InChI=1S/C13H12Br2O2/c14-10-8-12(17-13(10)15)11(16)7-6-9-4-2-1-3-5-9/h1-5,8,11,16H,6-7H2. The topological polar surface area (TPSA) is 33.4 Å². The molecule has 0 aliphatic rings. The molecule has 0 saturated heterocycles. The van der Waals surface area contributed by atoms with Gasteiger partial charge in [-0.25, -0.2) is 0 Å². The third kappa shape index (κ3) is 3.44. The van der Waals surface area contributed by atoms with Gasteiger partial charge in [-0.05, 0) is 56.3 Å². The van der Waals surface area contributed by atoms with Gasteiger partial charge >= 0.3 is 0 Å². The van der Waals surface area contributed by atoms with Crippen LogP contribution in [0.1, 0.15) is 23.8 Å². The van der Waals surface area contributed by atoms with Crippen LogP contribution < -0.4 is 0 Å². The molecule has 0 aliphatic carbocycles. The Morgan fingerprint density at radius 1 is 1.18 bits per heavy atom. The predicted molar refractivity (Wildman–Crippen MR) is 73.8 cm³/mol. The van der Waals surface area contributed by atoms with Gasteiger partial charge < -0.3 is 9.52 Å². The highest BCUT2D eigenvalue weighted by Gasteiger charge is 2.14. The van der Waals surface area contributed by atoms with Crippen LogP contribution >= 0.6 is 31.9 Å². The average Bonchev–Trinajstić information content (AvgIpc) is 2.68. The van der Waals surface area contributed by atoms with E-state index in [1.807, 2.05) is 18.2 Å². The smallest absolute Gasteiger partial charge is 0.183 e. The summed E-state index contributed by atoms with van der Waals surface area (Å²) in [4.78, 5) is 0. The third-order valence-electron chi connectivity index (χ3n) is 2.54. The molecule has 0 bridgehead atoms. The first-order chi connectivity index (χ1) is 8.16. The molecule has 0 radical (unpaired) electrons. The summed E-state index contributed by atoms with van der Waals surface area (Å²) in [6.45, 7) is 0. The SMILES string of the molecule is OC(CCc1ccccc1)c1cc(Br)c(Br)o1. The van der Waals surface area contributed by atoms with E-state index in [0.29, 0.717) is 16.9 Å². The Balaban J connectivity index is 1.96. The highest BCUT2D eigenvalue weighted by Crippen LogP contribution is 2.31. The van der Waals surface area contributed by atoms with Crippen molar-refractivity contribution in [2.24, 2.45) is 0 Å². The van der Waals surface area contributed by atoms with Crippen molar-refractivity contribution in [1.29, 1.82) is 0 Å². The van der Waals surface area contributed by atoms with E-state index >= 15 is 0 Å². The van der Waals surface area contributed by atoms with Crippen molar-refractivity contribution in [1.82, 2.24) is 0 Å². The van der Waals surface area contributed by atoms with Gasteiger partial charge in [0, 0.05) is 0 Å². The summed E-state index contributed by atoms with van der Waals surface area (Å²) in [5.74, 6) is 0.583. The zero-order valence-corrected chi connectivity index (χ0v) is 12.2. The summed E-state index contributed by atoms with van der Waals surface area (Å²) in [6.07, 6.45) is 0.909. The van der Waals surface area contributed by atoms with E-state index in [1.165, 1.54) is 5.56 Å². The fourth-order valence-electron chi connectivity index (χ4n) is 1.62. The number of aryl methyl sites for hydroxylation is 1. The molecule has 17 heavy (non-hydrogen) atoms. The molecule has 4 heteroatoms. The van der Waals surface area contributed by atoms with E-state index in [0.717, 1.165) is 10.9 Å². The highest BCUT2D eigenvalue weighted by atomic mass is 79.9. The van der Waals surface area contributed by atoms with E-state index in [9.17, 15) is 5.11 Å². The van der Waals surface area contributed by atoms with E-state index in [-0.39, 0.29) is 0 Å². The maximum Gasteiger partial charge on any atom is 0.183 e. The molecule has 1 atom stereocenters. The van der Waals surface area contributed by atoms with Gasteiger partial charge in [0.05, 0.1) is 4.47 Å². The average molecular weight is 360 g/mol. The molecule has 0 amide bonds. The number of furan rings is 1. The van der Waals surface area contributed by atoms with Gasteiger partial charge in [0.25, 0.3) is 0 Å². The van der Waals surface area contributed by atoms with Crippen molar-refractivity contribution >= 4 is 31.9 Å². The van der Waals surface area contributed by atoms with Gasteiger partial charge in [-0.15, -0.1) is 0 Å². The molecular weight excluding hydrogens is 348 g/mol. The number of rotatable bonds is 4. The van der Waals surface area contributed by atoms with Crippen molar-refractivity contribution in [3.8, 4) is 0 Å².